The van der Waals surface area contributed by atoms with E-state index in [4.69, 9.17) is 0 Å². The number of carbonyl (C=O) groups is 1. The zero-order valence-electron chi connectivity index (χ0n) is 12.4. The van der Waals surface area contributed by atoms with Crippen LogP contribution >= 0.6 is 0 Å². The number of hydrogen-bond donors (Lipinski definition) is 2. The summed E-state index contributed by atoms with van der Waals surface area (Å²) in [5, 5.41) is 16.3. The molecule has 2 aromatic rings. The van der Waals surface area contributed by atoms with Crippen LogP contribution in [0.15, 0.2) is 42.5 Å². The monoisotopic (exact) mass is 299 g/mol. The lowest BCUT2D eigenvalue weighted by atomic mass is 10.1. The summed E-state index contributed by atoms with van der Waals surface area (Å²) in [7, 11) is 0. The molecule has 0 bridgehead atoms. The van der Waals surface area contributed by atoms with Gasteiger partial charge in [0, 0.05) is 23.5 Å². The van der Waals surface area contributed by atoms with E-state index in [1.807, 2.05) is 26.0 Å². The van der Waals surface area contributed by atoms with Gasteiger partial charge in [0.1, 0.15) is 0 Å². The molecule has 0 spiro atoms. The lowest BCUT2D eigenvalue weighted by Gasteiger charge is -2.09. The number of aryl methyl sites for hydroxylation is 2. The fourth-order valence-electron chi connectivity index (χ4n) is 2.13. The molecular formula is C16H17N3O3. The minimum atomic E-state index is -0.479. The highest BCUT2D eigenvalue weighted by molar-refractivity contribution is 5.93. The van der Waals surface area contributed by atoms with E-state index in [1.54, 1.807) is 0 Å². The Morgan fingerprint density at radius 1 is 1.05 bits per heavy atom. The molecule has 2 aromatic carbocycles. The van der Waals surface area contributed by atoms with Crippen molar-refractivity contribution in [1.82, 2.24) is 0 Å². The second-order valence-electron chi connectivity index (χ2n) is 5.08. The maximum Gasteiger partial charge on any atom is 0.269 e. The number of benzene rings is 2. The maximum absolute atomic E-state index is 11.9. The van der Waals surface area contributed by atoms with Crippen LogP contribution in [-0.2, 0) is 4.79 Å². The molecule has 0 aliphatic carbocycles. The van der Waals surface area contributed by atoms with Crippen LogP contribution in [0.2, 0.25) is 0 Å². The molecule has 0 aliphatic rings. The van der Waals surface area contributed by atoms with Gasteiger partial charge in [0.15, 0.2) is 0 Å². The maximum atomic E-state index is 11.9. The lowest BCUT2D eigenvalue weighted by Crippen LogP contribution is -2.21. The summed E-state index contributed by atoms with van der Waals surface area (Å²) in [4.78, 5) is 21.9. The summed E-state index contributed by atoms with van der Waals surface area (Å²) < 4.78 is 0. The fraction of sp³-hybridized carbons (Fsp3) is 0.188. The van der Waals surface area contributed by atoms with Crippen molar-refractivity contribution >= 4 is 23.0 Å². The van der Waals surface area contributed by atoms with Crippen molar-refractivity contribution in [2.45, 2.75) is 13.8 Å². The van der Waals surface area contributed by atoms with Crippen LogP contribution < -0.4 is 10.6 Å². The normalized spacial score (nSPS) is 10.1. The number of nitrogens with one attached hydrogen (secondary N) is 2. The molecule has 0 unspecified atom stereocenters. The highest BCUT2D eigenvalue weighted by Crippen LogP contribution is 2.16. The summed E-state index contributed by atoms with van der Waals surface area (Å²) in [5.41, 5.74) is 3.65. The average Bonchev–Trinajstić information content (AvgIpc) is 2.45. The van der Waals surface area contributed by atoms with Crippen molar-refractivity contribution < 1.29 is 9.72 Å². The van der Waals surface area contributed by atoms with E-state index in [0.29, 0.717) is 5.69 Å². The molecular weight excluding hydrogens is 282 g/mol. The van der Waals surface area contributed by atoms with Crippen LogP contribution in [-0.4, -0.2) is 17.4 Å². The highest BCUT2D eigenvalue weighted by atomic mass is 16.6. The zero-order valence-corrected chi connectivity index (χ0v) is 12.4. The van der Waals surface area contributed by atoms with Gasteiger partial charge in [-0.1, -0.05) is 6.07 Å². The van der Waals surface area contributed by atoms with E-state index in [0.717, 1.165) is 16.8 Å². The van der Waals surface area contributed by atoms with Gasteiger partial charge in [0.25, 0.3) is 5.69 Å². The highest BCUT2D eigenvalue weighted by Gasteiger charge is 2.06. The van der Waals surface area contributed by atoms with Crippen LogP contribution in [0, 0.1) is 24.0 Å². The molecule has 0 aliphatic heterocycles. The molecule has 6 heteroatoms. The third kappa shape index (κ3) is 4.31. The van der Waals surface area contributed by atoms with Gasteiger partial charge in [-0.2, -0.15) is 0 Å². The molecule has 0 aromatic heterocycles. The average molecular weight is 299 g/mol. The van der Waals surface area contributed by atoms with Crippen molar-refractivity contribution in [3.8, 4) is 0 Å². The molecule has 6 nitrogen and oxygen atoms in total. The van der Waals surface area contributed by atoms with Crippen LogP contribution in [0.1, 0.15) is 11.1 Å². The first-order chi connectivity index (χ1) is 10.4. The lowest BCUT2D eigenvalue weighted by molar-refractivity contribution is -0.384. The predicted octanol–water partition coefficient (Wildman–Crippen LogP) is 3.26. The number of hydrogen-bond acceptors (Lipinski definition) is 4. The topological polar surface area (TPSA) is 84.3 Å². The largest absolute Gasteiger partial charge is 0.376 e. The van der Waals surface area contributed by atoms with Gasteiger partial charge in [-0.05, 0) is 49.2 Å². The Balaban J connectivity index is 1.91. The van der Waals surface area contributed by atoms with E-state index in [9.17, 15) is 14.9 Å². The molecule has 0 atom stereocenters. The molecule has 0 saturated carbocycles. The van der Waals surface area contributed by atoms with E-state index >= 15 is 0 Å². The number of amides is 1. The van der Waals surface area contributed by atoms with Crippen LogP contribution in [0.4, 0.5) is 17.1 Å². The number of rotatable bonds is 5. The van der Waals surface area contributed by atoms with Crippen molar-refractivity contribution in [3.05, 3.63) is 63.7 Å². The summed E-state index contributed by atoms with van der Waals surface area (Å²) in [5.74, 6) is -0.215. The third-order valence-electron chi connectivity index (χ3n) is 3.04. The Morgan fingerprint density at radius 2 is 1.64 bits per heavy atom. The van der Waals surface area contributed by atoms with Crippen LogP contribution in [0.25, 0.3) is 0 Å². The van der Waals surface area contributed by atoms with Crippen LogP contribution in [0.5, 0.6) is 0 Å². The van der Waals surface area contributed by atoms with Crippen molar-refractivity contribution in [2.75, 3.05) is 17.2 Å². The molecule has 1 amide bonds. The SMILES string of the molecule is Cc1cc(C)cc(NCC(=O)Nc2ccc([N+](=O)[O-])cc2)c1. The molecule has 2 rings (SSSR count). The fourth-order valence-corrected chi connectivity index (χ4v) is 2.13. The second kappa shape index (κ2) is 6.71. The molecule has 0 radical (unpaired) electrons. The second-order valence-corrected chi connectivity index (χ2v) is 5.08. The Labute approximate surface area is 128 Å². The number of nitro benzene ring substituents is 1. The Morgan fingerprint density at radius 3 is 2.18 bits per heavy atom. The summed E-state index contributed by atoms with van der Waals surface area (Å²) in [6.07, 6.45) is 0. The quantitative estimate of drug-likeness (QED) is 0.655. The minimum Gasteiger partial charge on any atom is -0.376 e. The first kappa shape index (κ1) is 15.5. The van der Waals surface area contributed by atoms with Gasteiger partial charge in [0.05, 0.1) is 11.5 Å². The number of nitrogens with zero attached hydrogens (tertiary/aromatic N) is 1. The molecule has 2 N–H and O–H groups in total. The van der Waals surface area contributed by atoms with E-state index in [-0.39, 0.29) is 18.1 Å². The summed E-state index contributed by atoms with van der Waals surface area (Å²) >= 11 is 0. The van der Waals surface area contributed by atoms with Gasteiger partial charge in [0.2, 0.25) is 5.91 Å². The first-order valence-corrected chi connectivity index (χ1v) is 6.80. The van der Waals surface area contributed by atoms with Crippen molar-refractivity contribution in [3.63, 3.8) is 0 Å². The smallest absolute Gasteiger partial charge is 0.269 e. The standard InChI is InChI=1S/C16H17N3O3/c1-11-7-12(2)9-14(8-11)17-10-16(20)18-13-3-5-15(6-4-13)19(21)22/h3-9,17H,10H2,1-2H3,(H,18,20). The molecule has 114 valence electrons. The van der Waals surface area contributed by atoms with Crippen molar-refractivity contribution in [2.24, 2.45) is 0 Å². The molecule has 0 heterocycles. The zero-order chi connectivity index (χ0) is 16.1. The Bertz CT molecular complexity index is 676. The molecule has 0 saturated heterocycles. The van der Waals surface area contributed by atoms with E-state index < -0.39 is 4.92 Å². The van der Waals surface area contributed by atoms with Crippen LogP contribution in [0.3, 0.4) is 0 Å². The van der Waals surface area contributed by atoms with Gasteiger partial charge >= 0.3 is 0 Å². The van der Waals surface area contributed by atoms with Crippen molar-refractivity contribution in [1.29, 1.82) is 0 Å². The Kier molecular flexibility index (Phi) is 4.73. The molecule has 22 heavy (non-hydrogen) atoms. The molecule has 0 fully saturated rings. The Hall–Kier alpha value is -2.89. The predicted molar refractivity (Wildman–Crippen MR) is 86.1 cm³/mol. The van der Waals surface area contributed by atoms with E-state index in [1.165, 1.54) is 24.3 Å². The summed E-state index contributed by atoms with van der Waals surface area (Å²) in [6.45, 7) is 4.12. The van der Waals surface area contributed by atoms with Gasteiger partial charge in [-0.3, -0.25) is 14.9 Å². The minimum absolute atomic E-state index is 0.00800. The van der Waals surface area contributed by atoms with E-state index in [2.05, 4.69) is 16.7 Å². The first-order valence-electron chi connectivity index (χ1n) is 6.80. The van der Waals surface area contributed by atoms with Gasteiger partial charge in [-0.15, -0.1) is 0 Å². The summed E-state index contributed by atoms with van der Waals surface area (Å²) in [6, 6.07) is 11.7. The number of nitro groups is 1. The number of carbonyl (C=O) groups excluding carboxylic acids is 1. The number of non-ortho nitro benzene ring substituents is 1. The van der Waals surface area contributed by atoms with Gasteiger partial charge in [-0.25, -0.2) is 0 Å². The number of anilines is 2. The van der Waals surface area contributed by atoms with Gasteiger partial charge < -0.3 is 10.6 Å². The third-order valence-corrected chi connectivity index (χ3v) is 3.04.